The van der Waals surface area contributed by atoms with Crippen molar-refractivity contribution in [3.63, 3.8) is 0 Å². The summed E-state index contributed by atoms with van der Waals surface area (Å²) in [5.74, 6) is 0. The van der Waals surface area contributed by atoms with Crippen LogP contribution >= 0.6 is 0 Å². The molecule has 2 aliphatic heterocycles. The summed E-state index contributed by atoms with van der Waals surface area (Å²) in [4.78, 5) is 1.75. The van der Waals surface area contributed by atoms with Gasteiger partial charge in [-0.3, -0.25) is 0 Å². The highest BCUT2D eigenvalue weighted by Gasteiger charge is 2.37. The van der Waals surface area contributed by atoms with Gasteiger partial charge in [0.25, 0.3) is 10.2 Å². The minimum absolute atomic E-state index is 0.0769. The van der Waals surface area contributed by atoms with Crippen molar-refractivity contribution in [1.82, 2.24) is 8.61 Å². The highest BCUT2D eigenvalue weighted by molar-refractivity contribution is 7.86. The molecule has 2 aliphatic rings. The number of nitrogens with zero attached hydrogens (tertiary/aromatic N) is 4. The van der Waals surface area contributed by atoms with Crippen LogP contribution in [0, 0.1) is 11.3 Å². The monoisotopic (exact) mass is 432 g/mol. The topological polar surface area (TPSA) is 76.9 Å². The van der Waals surface area contributed by atoms with Crippen molar-refractivity contribution in [3.05, 3.63) is 29.3 Å². The lowest BCUT2D eigenvalue weighted by Gasteiger charge is -2.41. The van der Waals surface area contributed by atoms with Gasteiger partial charge in [0.1, 0.15) is 6.07 Å². The van der Waals surface area contributed by atoms with Crippen LogP contribution in [0.2, 0.25) is 0 Å². The Morgan fingerprint density at radius 1 is 1.07 bits per heavy atom. The predicted molar refractivity (Wildman–Crippen MR) is 100 cm³/mol. The number of alkyl halides is 3. The maximum atomic E-state index is 13.0. The first-order valence-corrected chi connectivity index (χ1v) is 10.7. The Bertz CT molecular complexity index is 883. The second kappa shape index (κ2) is 8.10. The zero-order valence-corrected chi connectivity index (χ0v) is 17.0. The van der Waals surface area contributed by atoms with Crippen LogP contribution in [0.4, 0.5) is 18.9 Å². The summed E-state index contributed by atoms with van der Waals surface area (Å²) >= 11 is 0. The molecule has 3 rings (SSSR count). The fourth-order valence-corrected chi connectivity index (χ4v) is 5.47. The number of ether oxygens (including phenoxy) is 1. The van der Waals surface area contributed by atoms with Gasteiger partial charge < -0.3 is 9.64 Å². The average molecular weight is 432 g/mol. The van der Waals surface area contributed by atoms with E-state index in [0.717, 1.165) is 12.1 Å². The first kappa shape index (κ1) is 21.8. The number of anilines is 1. The molecule has 0 aliphatic carbocycles. The Morgan fingerprint density at radius 2 is 1.66 bits per heavy atom. The van der Waals surface area contributed by atoms with Crippen LogP contribution in [-0.4, -0.2) is 68.5 Å². The van der Waals surface area contributed by atoms with Gasteiger partial charge in [-0.25, -0.2) is 0 Å². The van der Waals surface area contributed by atoms with Crippen LogP contribution in [0.25, 0.3) is 0 Å². The Hall–Kier alpha value is -1.87. The Kier molecular flexibility index (Phi) is 6.10. The first-order chi connectivity index (χ1) is 13.5. The van der Waals surface area contributed by atoms with Gasteiger partial charge >= 0.3 is 6.18 Å². The lowest BCUT2D eigenvalue weighted by atomic mass is 10.1. The number of rotatable bonds is 3. The van der Waals surface area contributed by atoms with Crippen molar-refractivity contribution < 1.29 is 26.3 Å². The molecular weight excluding hydrogens is 409 g/mol. The minimum atomic E-state index is -4.52. The van der Waals surface area contributed by atoms with Crippen LogP contribution in [0.15, 0.2) is 18.2 Å². The number of benzene rings is 1. The summed E-state index contributed by atoms with van der Waals surface area (Å²) in [5, 5.41) is 9.27. The van der Waals surface area contributed by atoms with Gasteiger partial charge in [-0.15, -0.1) is 0 Å². The van der Waals surface area contributed by atoms with Crippen molar-refractivity contribution in [3.8, 4) is 6.07 Å². The molecule has 2 fully saturated rings. The molecule has 11 heteroatoms. The summed E-state index contributed by atoms with van der Waals surface area (Å²) in [6, 6.07) is 4.86. The van der Waals surface area contributed by atoms with Crippen LogP contribution in [-0.2, 0) is 21.1 Å². The van der Waals surface area contributed by atoms with Crippen molar-refractivity contribution in [2.24, 2.45) is 0 Å². The van der Waals surface area contributed by atoms with E-state index in [-0.39, 0.29) is 57.0 Å². The molecule has 0 spiro atoms. The predicted octanol–water partition coefficient (Wildman–Crippen LogP) is 2.05. The average Bonchev–Trinajstić information content (AvgIpc) is 2.66. The van der Waals surface area contributed by atoms with Crippen LogP contribution in [0.3, 0.4) is 0 Å². The Balaban J connectivity index is 1.71. The fraction of sp³-hybridized carbons (Fsp3) is 0.611. The number of hydrogen-bond donors (Lipinski definition) is 0. The maximum Gasteiger partial charge on any atom is 0.416 e. The molecule has 0 saturated carbocycles. The molecule has 2 unspecified atom stereocenters. The summed E-state index contributed by atoms with van der Waals surface area (Å²) in [7, 11) is -3.65. The number of morpholine rings is 1. The first-order valence-electron chi connectivity index (χ1n) is 9.29. The molecule has 0 aromatic heterocycles. The number of piperazine rings is 1. The highest BCUT2D eigenvalue weighted by atomic mass is 32.2. The van der Waals surface area contributed by atoms with Crippen molar-refractivity contribution in [2.75, 3.05) is 44.2 Å². The molecular formula is C18H23F3N4O3S. The third-order valence-corrected chi connectivity index (χ3v) is 7.03. The molecule has 160 valence electrons. The summed E-state index contributed by atoms with van der Waals surface area (Å²) in [6.45, 7) is 5.16. The van der Waals surface area contributed by atoms with E-state index in [2.05, 4.69) is 0 Å². The summed E-state index contributed by atoms with van der Waals surface area (Å²) in [5.41, 5.74) is -0.576. The summed E-state index contributed by atoms with van der Waals surface area (Å²) in [6.07, 6.45) is -4.91. The normalized spacial score (nSPS) is 25.0. The fourth-order valence-electron chi connectivity index (χ4n) is 3.72. The van der Waals surface area contributed by atoms with Gasteiger partial charge in [0.2, 0.25) is 0 Å². The van der Waals surface area contributed by atoms with Gasteiger partial charge in [0.15, 0.2) is 0 Å². The molecule has 0 bridgehead atoms. The molecule has 0 radical (unpaired) electrons. The zero-order valence-electron chi connectivity index (χ0n) is 16.2. The van der Waals surface area contributed by atoms with Gasteiger partial charge in [-0.2, -0.15) is 35.5 Å². The maximum absolute atomic E-state index is 13.0. The van der Waals surface area contributed by atoms with E-state index in [1.165, 1.54) is 14.7 Å². The molecule has 1 aromatic carbocycles. The second-order valence-electron chi connectivity index (χ2n) is 7.31. The summed E-state index contributed by atoms with van der Waals surface area (Å²) < 4.78 is 72.9. The van der Waals surface area contributed by atoms with E-state index < -0.39 is 21.9 Å². The standard InChI is InChI=1S/C18H23F3N4O3S/c1-13-11-25(12-14(2)28-13)29(26,27)24-7-5-23(6-8-24)17-4-3-16(18(19,20)21)9-15(17)10-22/h3-4,9,13-14H,5-8,11-12H2,1-2H3. The quantitative estimate of drug-likeness (QED) is 0.731. The third-order valence-electron chi connectivity index (χ3n) is 5.06. The van der Waals surface area contributed by atoms with E-state index in [4.69, 9.17) is 4.74 Å². The van der Waals surface area contributed by atoms with E-state index >= 15 is 0 Å². The van der Waals surface area contributed by atoms with Crippen molar-refractivity contribution in [2.45, 2.75) is 32.2 Å². The van der Waals surface area contributed by atoms with E-state index in [1.807, 2.05) is 19.9 Å². The van der Waals surface area contributed by atoms with E-state index in [0.29, 0.717) is 5.69 Å². The number of hydrogen-bond acceptors (Lipinski definition) is 5. The van der Waals surface area contributed by atoms with Crippen LogP contribution in [0.1, 0.15) is 25.0 Å². The Labute approximate surface area is 168 Å². The van der Waals surface area contributed by atoms with Gasteiger partial charge in [0, 0.05) is 39.3 Å². The SMILES string of the molecule is CC1CN(S(=O)(=O)N2CCN(c3ccc(C(F)(F)F)cc3C#N)CC2)CC(C)O1. The second-order valence-corrected chi connectivity index (χ2v) is 9.24. The zero-order chi connectivity index (χ0) is 21.4. The highest BCUT2D eigenvalue weighted by Crippen LogP contribution is 2.33. The Morgan fingerprint density at radius 3 is 2.17 bits per heavy atom. The molecule has 7 nitrogen and oxygen atoms in total. The lowest BCUT2D eigenvalue weighted by Crippen LogP contribution is -2.57. The van der Waals surface area contributed by atoms with Gasteiger partial charge in [-0.1, -0.05) is 0 Å². The van der Waals surface area contributed by atoms with Crippen molar-refractivity contribution >= 4 is 15.9 Å². The van der Waals surface area contributed by atoms with Crippen LogP contribution in [0.5, 0.6) is 0 Å². The molecule has 2 atom stereocenters. The number of halogens is 3. The van der Waals surface area contributed by atoms with Gasteiger partial charge in [0.05, 0.1) is 29.0 Å². The largest absolute Gasteiger partial charge is 0.416 e. The van der Waals surface area contributed by atoms with E-state index in [1.54, 1.807) is 4.90 Å². The molecule has 0 N–H and O–H groups in total. The van der Waals surface area contributed by atoms with Crippen molar-refractivity contribution in [1.29, 1.82) is 5.26 Å². The number of nitriles is 1. The molecule has 29 heavy (non-hydrogen) atoms. The van der Waals surface area contributed by atoms with E-state index in [9.17, 15) is 26.9 Å². The minimum Gasteiger partial charge on any atom is -0.373 e. The molecule has 1 aromatic rings. The third kappa shape index (κ3) is 4.66. The molecule has 2 saturated heterocycles. The molecule has 2 heterocycles. The van der Waals surface area contributed by atoms with Gasteiger partial charge in [-0.05, 0) is 32.0 Å². The molecule has 0 amide bonds. The smallest absolute Gasteiger partial charge is 0.373 e. The lowest BCUT2D eigenvalue weighted by molar-refractivity contribution is -0.137. The van der Waals surface area contributed by atoms with Crippen LogP contribution < -0.4 is 4.90 Å².